The molecular formula is C9H7BrClN. The van der Waals surface area contributed by atoms with Gasteiger partial charge in [-0.05, 0) is 24.1 Å². The van der Waals surface area contributed by atoms with Gasteiger partial charge in [0.25, 0.3) is 0 Å². The van der Waals surface area contributed by atoms with Gasteiger partial charge >= 0.3 is 0 Å². The zero-order valence-corrected chi connectivity index (χ0v) is 8.69. The molecule has 0 amide bonds. The molecule has 1 nitrogen and oxygen atoms in total. The number of halogens is 2. The molecular weight excluding hydrogens is 237 g/mol. The van der Waals surface area contributed by atoms with Crippen molar-refractivity contribution in [2.75, 3.05) is 0 Å². The topological polar surface area (TPSA) is 23.8 Å². The lowest BCUT2D eigenvalue weighted by molar-refractivity contribution is 1.00. The fourth-order valence-electron chi connectivity index (χ4n) is 0.915. The van der Waals surface area contributed by atoms with E-state index in [1.165, 1.54) is 0 Å². The average molecular weight is 245 g/mol. The molecule has 62 valence electrons. The summed E-state index contributed by atoms with van der Waals surface area (Å²) in [4.78, 5) is 0. The Bertz CT molecular complexity index is 317. The van der Waals surface area contributed by atoms with Crippen LogP contribution in [0.3, 0.4) is 0 Å². The van der Waals surface area contributed by atoms with E-state index in [0.717, 1.165) is 16.5 Å². The van der Waals surface area contributed by atoms with Gasteiger partial charge in [-0.2, -0.15) is 5.26 Å². The molecule has 3 heteroatoms. The highest BCUT2D eigenvalue weighted by Gasteiger charge is 1.99. The van der Waals surface area contributed by atoms with Crippen LogP contribution in [0.25, 0.3) is 0 Å². The molecule has 0 aliphatic heterocycles. The predicted molar refractivity (Wildman–Crippen MR) is 53.1 cm³/mol. The molecule has 1 aromatic rings. The maximum Gasteiger partial charge on any atom is 0.0625 e. The summed E-state index contributed by atoms with van der Waals surface area (Å²) < 4.78 is 0.977. The van der Waals surface area contributed by atoms with Crippen LogP contribution in [0.5, 0.6) is 0 Å². The van der Waals surface area contributed by atoms with Crippen LogP contribution in [0.4, 0.5) is 0 Å². The molecule has 0 N–H and O–H groups in total. The van der Waals surface area contributed by atoms with Crippen molar-refractivity contribution in [3.05, 3.63) is 33.3 Å². The van der Waals surface area contributed by atoms with Crippen molar-refractivity contribution in [1.82, 2.24) is 0 Å². The fraction of sp³-hybridized carbons (Fsp3) is 0.222. The predicted octanol–water partition coefficient (Wildman–Crippen LogP) is 3.56. The summed E-state index contributed by atoms with van der Waals surface area (Å²) in [5.74, 6) is 0. The van der Waals surface area contributed by atoms with Gasteiger partial charge in [-0.15, -0.1) is 0 Å². The van der Waals surface area contributed by atoms with Gasteiger partial charge < -0.3 is 0 Å². The smallest absolute Gasteiger partial charge is 0.0625 e. The van der Waals surface area contributed by atoms with Crippen molar-refractivity contribution >= 4 is 27.5 Å². The van der Waals surface area contributed by atoms with E-state index < -0.39 is 0 Å². The fourth-order valence-corrected chi connectivity index (χ4v) is 1.80. The van der Waals surface area contributed by atoms with E-state index in [2.05, 4.69) is 22.0 Å². The maximum absolute atomic E-state index is 8.38. The highest BCUT2D eigenvalue weighted by Crippen LogP contribution is 2.22. The molecule has 12 heavy (non-hydrogen) atoms. The van der Waals surface area contributed by atoms with Gasteiger partial charge in [0.15, 0.2) is 0 Å². The van der Waals surface area contributed by atoms with E-state index in [4.69, 9.17) is 16.9 Å². The Kier molecular flexibility index (Phi) is 3.58. The molecule has 1 rings (SSSR count). The van der Waals surface area contributed by atoms with Crippen molar-refractivity contribution in [2.24, 2.45) is 0 Å². The van der Waals surface area contributed by atoms with Crippen molar-refractivity contribution in [3.8, 4) is 6.07 Å². The molecule has 0 aliphatic rings. The van der Waals surface area contributed by atoms with Gasteiger partial charge in [0.2, 0.25) is 0 Å². The average Bonchev–Trinajstić information content (AvgIpc) is 2.03. The standard InChI is InChI=1S/C9H7BrClN/c10-9-6-8(11)4-3-7(9)2-1-5-12/h3-4,6H,1-2H2. The Hall–Kier alpha value is -0.520. The van der Waals surface area contributed by atoms with Crippen molar-refractivity contribution in [1.29, 1.82) is 5.26 Å². The van der Waals surface area contributed by atoms with Crippen molar-refractivity contribution < 1.29 is 0 Å². The second-order valence-corrected chi connectivity index (χ2v) is 3.68. The normalized spacial score (nSPS) is 9.42. The van der Waals surface area contributed by atoms with Gasteiger partial charge in [-0.3, -0.25) is 0 Å². The van der Waals surface area contributed by atoms with Gasteiger partial charge in [-0.1, -0.05) is 33.6 Å². The molecule has 0 heterocycles. The first-order chi connectivity index (χ1) is 5.74. The summed E-state index contributed by atoms with van der Waals surface area (Å²) in [6, 6.07) is 7.71. The van der Waals surface area contributed by atoms with E-state index in [1.807, 2.05) is 18.2 Å². The third-order valence-electron chi connectivity index (χ3n) is 1.52. The number of hydrogen-bond acceptors (Lipinski definition) is 1. The van der Waals surface area contributed by atoms with E-state index in [9.17, 15) is 0 Å². The first-order valence-corrected chi connectivity index (χ1v) is 4.72. The Morgan fingerprint density at radius 3 is 2.83 bits per heavy atom. The molecule has 0 saturated heterocycles. The summed E-state index contributed by atoms with van der Waals surface area (Å²) in [7, 11) is 0. The van der Waals surface area contributed by atoms with E-state index in [0.29, 0.717) is 11.4 Å². The lowest BCUT2D eigenvalue weighted by atomic mass is 10.1. The van der Waals surface area contributed by atoms with E-state index >= 15 is 0 Å². The molecule has 0 bridgehead atoms. The Morgan fingerprint density at radius 2 is 2.25 bits per heavy atom. The zero-order chi connectivity index (χ0) is 8.97. The van der Waals surface area contributed by atoms with E-state index in [1.54, 1.807) is 0 Å². The minimum absolute atomic E-state index is 0.542. The summed E-state index contributed by atoms with van der Waals surface area (Å²) >= 11 is 9.14. The highest BCUT2D eigenvalue weighted by atomic mass is 79.9. The van der Waals surface area contributed by atoms with Crippen molar-refractivity contribution in [3.63, 3.8) is 0 Å². The Balaban J connectivity index is 2.81. The van der Waals surface area contributed by atoms with Gasteiger partial charge in [0.05, 0.1) is 6.07 Å². The van der Waals surface area contributed by atoms with Crippen LogP contribution < -0.4 is 0 Å². The van der Waals surface area contributed by atoms with Crippen molar-refractivity contribution in [2.45, 2.75) is 12.8 Å². The lowest BCUT2D eigenvalue weighted by Crippen LogP contribution is -1.84. The van der Waals surface area contributed by atoms with Crippen LogP contribution in [0.15, 0.2) is 22.7 Å². The third kappa shape index (κ3) is 2.51. The molecule has 1 aromatic carbocycles. The highest BCUT2D eigenvalue weighted by molar-refractivity contribution is 9.10. The number of aryl methyl sites for hydroxylation is 1. The van der Waals surface area contributed by atoms with Crippen LogP contribution in [-0.4, -0.2) is 0 Å². The van der Waals surface area contributed by atoms with Crippen LogP contribution in [-0.2, 0) is 6.42 Å². The quantitative estimate of drug-likeness (QED) is 0.780. The third-order valence-corrected chi connectivity index (χ3v) is 2.49. The summed E-state index contributed by atoms with van der Waals surface area (Å²) in [6.45, 7) is 0. The summed E-state index contributed by atoms with van der Waals surface area (Å²) in [5, 5.41) is 9.09. The molecule has 0 fully saturated rings. The molecule has 0 aromatic heterocycles. The van der Waals surface area contributed by atoms with Crippen LogP contribution >= 0.6 is 27.5 Å². The van der Waals surface area contributed by atoms with E-state index in [-0.39, 0.29) is 0 Å². The number of nitrogens with zero attached hydrogens (tertiary/aromatic N) is 1. The molecule has 0 atom stereocenters. The van der Waals surface area contributed by atoms with Crippen LogP contribution in [0, 0.1) is 11.3 Å². The number of rotatable bonds is 2. The molecule has 0 radical (unpaired) electrons. The number of nitriles is 1. The number of hydrogen-bond donors (Lipinski definition) is 0. The second-order valence-electron chi connectivity index (χ2n) is 2.39. The SMILES string of the molecule is N#CCCc1ccc(Cl)cc1Br. The molecule has 0 aliphatic carbocycles. The van der Waals surface area contributed by atoms with Crippen LogP contribution in [0.1, 0.15) is 12.0 Å². The first kappa shape index (κ1) is 9.57. The molecule has 0 spiro atoms. The zero-order valence-electron chi connectivity index (χ0n) is 6.35. The Morgan fingerprint density at radius 1 is 1.50 bits per heavy atom. The van der Waals surface area contributed by atoms with Gasteiger partial charge in [0.1, 0.15) is 0 Å². The first-order valence-electron chi connectivity index (χ1n) is 3.55. The van der Waals surface area contributed by atoms with Crippen LogP contribution in [0.2, 0.25) is 5.02 Å². The van der Waals surface area contributed by atoms with Gasteiger partial charge in [-0.25, -0.2) is 0 Å². The molecule has 0 saturated carbocycles. The maximum atomic E-state index is 8.38. The monoisotopic (exact) mass is 243 g/mol. The number of benzene rings is 1. The second kappa shape index (κ2) is 4.49. The minimum atomic E-state index is 0.542. The van der Waals surface area contributed by atoms with Gasteiger partial charge in [0, 0.05) is 15.9 Å². The molecule has 0 unspecified atom stereocenters. The Labute approximate surface area is 85.1 Å². The summed E-state index contributed by atoms with van der Waals surface area (Å²) in [6.07, 6.45) is 1.31. The summed E-state index contributed by atoms with van der Waals surface area (Å²) in [5.41, 5.74) is 1.13. The largest absolute Gasteiger partial charge is 0.198 e. The minimum Gasteiger partial charge on any atom is -0.198 e. The lowest BCUT2D eigenvalue weighted by Gasteiger charge is -2.00.